The maximum absolute atomic E-state index is 13.8. The molecule has 0 fully saturated rings. The standard InChI is InChI=1S/C13H17FN2O/c1-3-16(8-4-7-15)13-6-5-11(10(2)17)9-12(13)14/h5-6,9-10,17H,3-4,8H2,1-2H3. The van der Waals surface area contributed by atoms with Crippen LogP contribution in [0.4, 0.5) is 10.1 Å². The number of halogens is 1. The second-order valence-electron chi connectivity index (χ2n) is 3.87. The first kappa shape index (κ1) is 13.5. The number of rotatable bonds is 5. The number of aliphatic hydroxyl groups excluding tert-OH is 1. The second-order valence-corrected chi connectivity index (χ2v) is 3.87. The molecule has 1 aromatic rings. The fraction of sp³-hybridized carbons (Fsp3) is 0.462. The molecule has 1 N–H and O–H groups in total. The summed E-state index contributed by atoms with van der Waals surface area (Å²) in [5.74, 6) is -0.358. The molecule has 1 rings (SSSR count). The van der Waals surface area contributed by atoms with Crippen LogP contribution in [-0.2, 0) is 0 Å². The Kier molecular flexibility index (Phi) is 4.92. The maximum atomic E-state index is 13.8. The maximum Gasteiger partial charge on any atom is 0.146 e. The average Bonchev–Trinajstić information content (AvgIpc) is 2.31. The molecule has 1 aromatic carbocycles. The fourth-order valence-electron chi connectivity index (χ4n) is 1.67. The number of anilines is 1. The number of benzene rings is 1. The highest BCUT2D eigenvalue weighted by Crippen LogP contribution is 2.23. The predicted octanol–water partition coefficient (Wildman–Crippen LogP) is 2.62. The molecule has 0 radical (unpaired) electrons. The third-order valence-electron chi connectivity index (χ3n) is 2.67. The molecule has 3 nitrogen and oxygen atoms in total. The van der Waals surface area contributed by atoms with Crippen molar-refractivity contribution in [3.63, 3.8) is 0 Å². The Balaban J connectivity index is 2.93. The smallest absolute Gasteiger partial charge is 0.146 e. The first-order chi connectivity index (χ1) is 8.10. The normalized spacial score (nSPS) is 11.9. The first-order valence-corrected chi connectivity index (χ1v) is 5.69. The molecule has 0 saturated heterocycles. The van der Waals surface area contributed by atoms with Gasteiger partial charge in [0.15, 0.2) is 0 Å². The van der Waals surface area contributed by atoms with Gasteiger partial charge in [-0.15, -0.1) is 0 Å². The van der Waals surface area contributed by atoms with E-state index in [9.17, 15) is 9.50 Å². The van der Waals surface area contributed by atoms with Gasteiger partial charge in [-0.05, 0) is 31.5 Å². The van der Waals surface area contributed by atoms with Crippen LogP contribution < -0.4 is 4.90 Å². The van der Waals surface area contributed by atoms with Gasteiger partial charge >= 0.3 is 0 Å². The number of aliphatic hydroxyl groups is 1. The summed E-state index contributed by atoms with van der Waals surface area (Å²) >= 11 is 0. The summed E-state index contributed by atoms with van der Waals surface area (Å²) in [7, 11) is 0. The lowest BCUT2D eigenvalue weighted by atomic mass is 10.1. The summed E-state index contributed by atoms with van der Waals surface area (Å²) in [5.41, 5.74) is 1.04. The third-order valence-corrected chi connectivity index (χ3v) is 2.67. The molecule has 1 atom stereocenters. The van der Waals surface area contributed by atoms with Gasteiger partial charge in [-0.3, -0.25) is 0 Å². The molecule has 0 aromatic heterocycles. The SMILES string of the molecule is CCN(CCC#N)c1ccc(C(C)O)cc1F. The Morgan fingerprint density at radius 2 is 2.24 bits per heavy atom. The number of hydrogen-bond donors (Lipinski definition) is 1. The minimum Gasteiger partial charge on any atom is -0.389 e. The van der Waals surface area contributed by atoms with Crippen molar-refractivity contribution in [1.29, 1.82) is 5.26 Å². The number of nitriles is 1. The van der Waals surface area contributed by atoms with Gasteiger partial charge in [0, 0.05) is 13.1 Å². The molecule has 1 unspecified atom stereocenters. The lowest BCUT2D eigenvalue weighted by Gasteiger charge is -2.23. The zero-order valence-electron chi connectivity index (χ0n) is 10.2. The summed E-state index contributed by atoms with van der Waals surface area (Å²) in [6.45, 7) is 4.67. The summed E-state index contributed by atoms with van der Waals surface area (Å²) in [6, 6.07) is 6.75. The van der Waals surface area contributed by atoms with E-state index < -0.39 is 6.10 Å². The lowest BCUT2D eigenvalue weighted by Crippen LogP contribution is -2.24. The largest absolute Gasteiger partial charge is 0.389 e. The summed E-state index contributed by atoms with van der Waals surface area (Å²) in [5, 5.41) is 17.9. The third kappa shape index (κ3) is 3.43. The van der Waals surface area contributed by atoms with E-state index in [1.165, 1.54) is 6.07 Å². The lowest BCUT2D eigenvalue weighted by molar-refractivity contribution is 0.199. The van der Waals surface area contributed by atoms with Crippen molar-refractivity contribution >= 4 is 5.69 Å². The number of nitrogens with zero attached hydrogens (tertiary/aromatic N) is 2. The van der Waals surface area contributed by atoms with Crippen LogP contribution in [0.3, 0.4) is 0 Å². The van der Waals surface area contributed by atoms with Crippen molar-refractivity contribution in [2.75, 3.05) is 18.0 Å². The van der Waals surface area contributed by atoms with Crippen LogP contribution in [-0.4, -0.2) is 18.2 Å². The van der Waals surface area contributed by atoms with E-state index in [0.29, 0.717) is 30.8 Å². The van der Waals surface area contributed by atoms with E-state index in [2.05, 4.69) is 0 Å². The van der Waals surface area contributed by atoms with Gasteiger partial charge in [0.25, 0.3) is 0 Å². The van der Waals surface area contributed by atoms with E-state index in [1.807, 2.05) is 17.9 Å². The van der Waals surface area contributed by atoms with Crippen LogP contribution in [0.2, 0.25) is 0 Å². The van der Waals surface area contributed by atoms with E-state index >= 15 is 0 Å². The molecule has 0 aliphatic carbocycles. The zero-order chi connectivity index (χ0) is 12.8. The molecular formula is C13H17FN2O. The highest BCUT2D eigenvalue weighted by Gasteiger charge is 2.11. The summed E-state index contributed by atoms with van der Waals surface area (Å²) < 4.78 is 13.8. The van der Waals surface area contributed by atoms with E-state index in [1.54, 1.807) is 19.1 Å². The quantitative estimate of drug-likeness (QED) is 0.854. The minimum absolute atomic E-state index is 0.358. The Morgan fingerprint density at radius 3 is 2.71 bits per heavy atom. The van der Waals surface area contributed by atoms with Crippen LogP contribution in [0, 0.1) is 17.1 Å². The van der Waals surface area contributed by atoms with Gasteiger partial charge in [0.05, 0.1) is 24.3 Å². The predicted molar refractivity (Wildman–Crippen MR) is 65.2 cm³/mol. The van der Waals surface area contributed by atoms with Gasteiger partial charge in [-0.2, -0.15) is 5.26 Å². The fourth-order valence-corrected chi connectivity index (χ4v) is 1.67. The van der Waals surface area contributed by atoms with Crippen molar-refractivity contribution in [2.24, 2.45) is 0 Å². The van der Waals surface area contributed by atoms with Crippen molar-refractivity contribution in [3.8, 4) is 6.07 Å². The Bertz CT molecular complexity index is 412. The van der Waals surface area contributed by atoms with Gasteiger partial charge in [-0.25, -0.2) is 4.39 Å². The Hall–Kier alpha value is -1.60. The Labute approximate surface area is 101 Å². The second kappa shape index (κ2) is 6.21. The molecule has 17 heavy (non-hydrogen) atoms. The molecule has 4 heteroatoms. The van der Waals surface area contributed by atoms with Crippen LogP contribution in [0.1, 0.15) is 31.9 Å². The zero-order valence-corrected chi connectivity index (χ0v) is 10.2. The molecular weight excluding hydrogens is 219 g/mol. The molecule has 0 bridgehead atoms. The van der Waals surface area contributed by atoms with Gasteiger partial charge in [0.1, 0.15) is 5.82 Å². The molecule has 0 aliphatic heterocycles. The van der Waals surface area contributed by atoms with E-state index in [4.69, 9.17) is 5.26 Å². The van der Waals surface area contributed by atoms with Crippen LogP contribution in [0.5, 0.6) is 0 Å². The highest BCUT2D eigenvalue weighted by atomic mass is 19.1. The van der Waals surface area contributed by atoms with E-state index in [-0.39, 0.29) is 5.82 Å². The van der Waals surface area contributed by atoms with Crippen molar-refractivity contribution in [3.05, 3.63) is 29.6 Å². The van der Waals surface area contributed by atoms with Crippen LogP contribution >= 0.6 is 0 Å². The van der Waals surface area contributed by atoms with Crippen LogP contribution in [0.25, 0.3) is 0 Å². The van der Waals surface area contributed by atoms with Gasteiger partial charge < -0.3 is 10.0 Å². The van der Waals surface area contributed by atoms with Gasteiger partial charge in [-0.1, -0.05) is 6.07 Å². The minimum atomic E-state index is -0.673. The first-order valence-electron chi connectivity index (χ1n) is 5.69. The number of hydrogen-bond acceptors (Lipinski definition) is 3. The molecule has 0 spiro atoms. The molecule has 0 amide bonds. The van der Waals surface area contributed by atoms with E-state index in [0.717, 1.165) is 0 Å². The topological polar surface area (TPSA) is 47.3 Å². The summed E-state index contributed by atoms with van der Waals surface area (Å²) in [4.78, 5) is 1.81. The van der Waals surface area contributed by atoms with Crippen LogP contribution in [0.15, 0.2) is 18.2 Å². The van der Waals surface area contributed by atoms with Gasteiger partial charge in [0.2, 0.25) is 0 Å². The molecule has 0 aliphatic rings. The van der Waals surface area contributed by atoms with Crippen molar-refractivity contribution in [1.82, 2.24) is 0 Å². The average molecular weight is 236 g/mol. The highest BCUT2D eigenvalue weighted by molar-refractivity contribution is 5.49. The molecule has 0 heterocycles. The summed E-state index contributed by atoms with van der Waals surface area (Å²) in [6.07, 6.45) is -0.307. The Morgan fingerprint density at radius 1 is 1.53 bits per heavy atom. The monoisotopic (exact) mass is 236 g/mol. The van der Waals surface area contributed by atoms with Crippen molar-refractivity contribution < 1.29 is 9.50 Å². The molecule has 92 valence electrons. The van der Waals surface area contributed by atoms with Crippen molar-refractivity contribution in [2.45, 2.75) is 26.4 Å². The molecule has 0 saturated carbocycles.